The summed E-state index contributed by atoms with van der Waals surface area (Å²) in [7, 11) is 0. The number of aryl methyl sites for hydroxylation is 2. The monoisotopic (exact) mass is 774 g/mol. The van der Waals surface area contributed by atoms with E-state index in [9.17, 15) is 15.2 Å². The molecule has 1 unspecified atom stereocenters. The van der Waals surface area contributed by atoms with E-state index in [1.807, 2.05) is 24.0 Å². The van der Waals surface area contributed by atoms with Crippen LogP contribution in [0.2, 0.25) is 10.0 Å². The number of pyridine rings is 1. The van der Waals surface area contributed by atoms with Crippen LogP contribution in [0.4, 0.5) is 4.39 Å². The molecule has 3 saturated heterocycles. The van der Waals surface area contributed by atoms with Gasteiger partial charge in [0.1, 0.15) is 5.52 Å². The smallest absolute Gasteiger partial charge is 0.226 e. The summed E-state index contributed by atoms with van der Waals surface area (Å²) in [5.74, 6) is -0.420. The minimum atomic E-state index is -2.16. The standard InChI is InChI=1S/C40H39Cl2FN6O3S/c1-19-11-24(47-53-19)18-52-25-14-31(48(17-25)40(51)21-8-9-21)32-15-28-36(20(2)50)46-37-27(39(28)49(32)38-23-13-30(38)45-16-23)12-22(5-4-10-44)33(35(37)43)26-6-3-7-29(41)34(26)42/h3,6-7,11-12,15,20-21,23,25,30-31,38,45,50H,4-5,8-9,13-14,16-18H2,1-2H3/t20?,23-,25+,30-,31-,38+/m1/s1/i18D2. The third kappa shape index (κ3) is 5.94. The lowest BCUT2D eigenvalue weighted by Crippen LogP contribution is -2.41. The highest BCUT2D eigenvalue weighted by atomic mass is 35.5. The summed E-state index contributed by atoms with van der Waals surface area (Å²) in [4.78, 5) is 21.6. The number of halogens is 3. The maximum absolute atomic E-state index is 17.4. The van der Waals surface area contributed by atoms with Crippen LogP contribution in [0.15, 0.2) is 36.4 Å². The van der Waals surface area contributed by atoms with Crippen molar-refractivity contribution in [1.29, 1.82) is 5.26 Å². The molecule has 5 aliphatic rings. The minimum absolute atomic E-state index is 0.0132. The van der Waals surface area contributed by atoms with Gasteiger partial charge in [-0.15, -0.1) is 0 Å². The average Bonchev–Trinajstić information content (AvgIpc) is 3.58. The summed E-state index contributed by atoms with van der Waals surface area (Å²) in [6, 6.07) is 12.5. The van der Waals surface area contributed by atoms with Crippen molar-refractivity contribution in [3.05, 3.63) is 79.8 Å². The molecule has 5 fully saturated rings. The van der Waals surface area contributed by atoms with E-state index in [0.717, 1.165) is 36.4 Å². The fourth-order valence-electron chi connectivity index (χ4n) is 8.82. The topological polar surface area (TPSA) is 116 Å². The van der Waals surface area contributed by atoms with Gasteiger partial charge in [0.15, 0.2) is 5.82 Å². The predicted molar refractivity (Wildman–Crippen MR) is 203 cm³/mol. The number of carbonyl (C=O) groups is 1. The van der Waals surface area contributed by atoms with Crippen LogP contribution in [-0.2, 0) is 22.5 Å². The van der Waals surface area contributed by atoms with Crippen molar-refractivity contribution in [1.82, 2.24) is 24.1 Å². The van der Waals surface area contributed by atoms with Crippen LogP contribution in [0, 0.1) is 35.9 Å². The Morgan fingerprint density at radius 2 is 2.09 bits per heavy atom. The van der Waals surface area contributed by atoms with E-state index in [4.69, 9.17) is 35.7 Å². The first kappa shape index (κ1) is 32.8. The van der Waals surface area contributed by atoms with Crippen LogP contribution in [0.3, 0.4) is 0 Å². The van der Waals surface area contributed by atoms with Crippen LogP contribution in [0.5, 0.6) is 0 Å². The van der Waals surface area contributed by atoms with E-state index in [1.54, 1.807) is 31.2 Å². The Labute approximate surface area is 323 Å². The lowest BCUT2D eigenvalue weighted by molar-refractivity contribution is -0.134. The number of fused-ring (bicyclic) bond motifs is 4. The van der Waals surface area contributed by atoms with Gasteiger partial charge in [0.25, 0.3) is 0 Å². The largest absolute Gasteiger partial charge is 0.387 e. The number of aliphatic hydroxyl groups excluding tert-OH is 1. The molecule has 13 heteroatoms. The SMILES string of the molecule is [2H]C([2H])(O[C@H]1C[C@H](c2cc3c(C(C)O)nc4c(F)c(-c5cccc(Cl)c5Cl)c(CCC#N)cc4c3n2[C@H]2[C@H]3CN[C@@H]2C3)N(C(=O)C2CC2)C1)c1cc(C)sn1. The van der Waals surface area contributed by atoms with Gasteiger partial charge >= 0.3 is 0 Å². The number of nitrogens with zero attached hydrogens (tertiary/aromatic N) is 5. The first-order valence-corrected chi connectivity index (χ1v) is 19.7. The molecule has 2 aromatic carbocycles. The van der Waals surface area contributed by atoms with Gasteiger partial charge in [0.05, 0.1) is 66.6 Å². The predicted octanol–water partition coefficient (Wildman–Crippen LogP) is 8.38. The van der Waals surface area contributed by atoms with E-state index in [2.05, 4.69) is 20.3 Å². The molecule has 1 amide bonds. The molecular weight excluding hydrogens is 734 g/mol. The zero-order valence-corrected chi connectivity index (χ0v) is 31.5. The van der Waals surface area contributed by atoms with Crippen LogP contribution in [0.1, 0.15) is 87.5 Å². The molecule has 2 N–H and O–H groups in total. The molecule has 3 aliphatic heterocycles. The summed E-state index contributed by atoms with van der Waals surface area (Å²) in [6.07, 6.45) is 1.60. The zero-order chi connectivity index (χ0) is 38.5. The van der Waals surface area contributed by atoms with E-state index >= 15 is 4.39 Å². The summed E-state index contributed by atoms with van der Waals surface area (Å²) >= 11 is 14.3. The van der Waals surface area contributed by atoms with Crippen LogP contribution in [0.25, 0.3) is 32.9 Å². The second kappa shape index (κ2) is 13.6. The van der Waals surface area contributed by atoms with Gasteiger partial charge in [-0.1, -0.05) is 35.3 Å². The number of nitrogens with one attached hydrogen (secondary N) is 1. The Balaban J connectivity index is 1.27. The van der Waals surface area contributed by atoms with Gasteiger partial charge in [0.2, 0.25) is 5.91 Å². The van der Waals surface area contributed by atoms with Crippen molar-refractivity contribution in [2.75, 3.05) is 13.1 Å². The maximum Gasteiger partial charge on any atom is 0.226 e. The zero-order valence-electron chi connectivity index (χ0n) is 31.2. The van der Waals surface area contributed by atoms with Crippen molar-refractivity contribution in [2.45, 2.75) is 89.3 Å². The number of hydrogen-bond acceptors (Lipinski definition) is 8. The molecule has 10 rings (SSSR count). The summed E-state index contributed by atoms with van der Waals surface area (Å²) < 4.78 is 47.7. The molecule has 2 bridgehead atoms. The molecule has 5 aromatic rings. The number of rotatable bonds is 10. The van der Waals surface area contributed by atoms with Crippen molar-refractivity contribution in [3.63, 3.8) is 0 Å². The Bertz CT molecular complexity index is 2420. The second-order valence-corrected chi connectivity index (χ2v) is 16.7. The first-order valence-electron chi connectivity index (χ1n) is 19.2. The molecule has 6 heterocycles. The summed E-state index contributed by atoms with van der Waals surface area (Å²) in [5.41, 5.74) is 3.27. The first-order chi connectivity index (χ1) is 26.4. The molecule has 0 radical (unpaired) electrons. The van der Waals surface area contributed by atoms with Crippen LogP contribution < -0.4 is 5.32 Å². The third-order valence-electron chi connectivity index (χ3n) is 11.4. The lowest BCUT2D eigenvalue weighted by Gasteiger charge is -2.39. The van der Waals surface area contributed by atoms with Gasteiger partial charge in [-0.25, -0.2) is 9.37 Å². The van der Waals surface area contributed by atoms with Crippen molar-refractivity contribution >= 4 is 62.4 Å². The highest BCUT2D eigenvalue weighted by Gasteiger charge is 2.51. The lowest BCUT2D eigenvalue weighted by atomic mass is 9.79. The fraction of sp³-hybridized carbons (Fsp3) is 0.450. The second-order valence-electron chi connectivity index (χ2n) is 14.9. The number of likely N-dealkylation sites (tertiary alicyclic amines) is 1. The number of amides is 1. The van der Waals surface area contributed by atoms with Crippen LogP contribution in [-0.4, -0.2) is 55.1 Å². The molecule has 6 atom stereocenters. The third-order valence-corrected chi connectivity index (χ3v) is 13.0. The minimum Gasteiger partial charge on any atom is -0.387 e. The van der Waals surface area contributed by atoms with Crippen LogP contribution >= 0.6 is 34.7 Å². The van der Waals surface area contributed by atoms with E-state index in [0.29, 0.717) is 39.5 Å². The molecule has 274 valence electrons. The molecule has 2 saturated carbocycles. The Hall–Kier alpha value is -3.63. The van der Waals surface area contributed by atoms with Crippen molar-refractivity contribution in [3.8, 4) is 17.2 Å². The quantitative estimate of drug-likeness (QED) is 0.147. The van der Waals surface area contributed by atoms with Crippen molar-refractivity contribution in [2.24, 2.45) is 11.8 Å². The maximum atomic E-state index is 17.4. The Morgan fingerprint density at radius 3 is 2.77 bits per heavy atom. The number of benzene rings is 2. The average molecular weight is 776 g/mol. The van der Waals surface area contributed by atoms with Gasteiger partial charge < -0.3 is 24.6 Å². The molecule has 3 aromatic heterocycles. The number of carbonyl (C=O) groups excluding carboxylic acids is 1. The molecular formula is C40H39Cl2FN6O3S. The number of aliphatic hydroxyl groups is 1. The molecule has 0 spiro atoms. The van der Waals surface area contributed by atoms with E-state index < -0.39 is 30.6 Å². The van der Waals surface area contributed by atoms with Gasteiger partial charge in [0, 0.05) is 70.4 Å². The normalized spacial score (nSPS) is 25.1. The highest BCUT2D eigenvalue weighted by molar-refractivity contribution is 7.05. The number of aromatic nitrogens is 3. The Morgan fingerprint density at radius 1 is 1.26 bits per heavy atom. The van der Waals surface area contributed by atoms with E-state index in [1.165, 1.54) is 11.5 Å². The van der Waals surface area contributed by atoms with E-state index in [-0.39, 0.29) is 76.0 Å². The molecule has 9 nitrogen and oxygen atoms in total. The van der Waals surface area contributed by atoms with Gasteiger partial charge in [-0.2, -0.15) is 9.64 Å². The van der Waals surface area contributed by atoms with Gasteiger partial charge in [-0.05, 0) is 86.8 Å². The highest BCUT2D eigenvalue weighted by Crippen LogP contribution is 2.52. The molecule has 53 heavy (non-hydrogen) atoms. The fourth-order valence-corrected chi connectivity index (χ4v) is 9.71. The summed E-state index contributed by atoms with van der Waals surface area (Å²) in [6.45, 7) is 2.33. The molecule has 2 aliphatic carbocycles. The van der Waals surface area contributed by atoms with Crippen molar-refractivity contribution < 1.29 is 21.8 Å². The number of hydrogen-bond donors (Lipinski definition) is 2. The Kier molecular flexibility index (Phi) is 8.40. The number of nitriles is 1. The van der Waals surface area contributed by atoms with Gasteiger partial charge in [-0.3, -0.25) is 4.79 Å². The summed E-state index contributed by atoms with van der Waals surface area (Å²) in [5, 5.41) is 26.2. The number of ether oxygens (including phenoxy) is 1.